The molecule has 2 rings (SSSR count). The van der Waals surface area contributed by atoms with E-state index in [1.165, 1.54) is 12.1 Å². The molecule has 9 heteroatoms. The number of nitro groups is 1. The van der Waals surface area contributed by atoms with E-state index in [-0.39, 0.29) is 6.54 Å². The van der Waals surface area contributed by atoms with Gasteiger partial charge in [-0.1, -0.05) is 24.3 Å². The number of sulfonamides is 1. The van der Waals surface area contributed by atoms with Crippen molar-refractivity contribution < 1.29 is 18.4 Å². The van der Waals surface area contributed by atoms with Crippen LogP contribution in [0.15, 0.2) is 53.4 Å². The lowest BCUT2D eigenvalue weighted by atomic mass is 10.1. The molecular weight excluding hydrogens is 346 g/mol. The van der Waals surface area contributed by atoms with Crippen LogP contribution in [0, 0.1) is 10.1 Å². The first-order valence-electron chi connectivity index (χ1n) is 7.41. The molecule has 0 aliphatic carbocycles. The number of para-hydroxylation sites is 1. The highest BCUT2D eigenvalue weighted by Gasteiger charge is 2.25. The van der Waals surface area contributed by atoms with Crippen LogP contribution in [-0.4, -0.2) is 39.1 Å². The molecule has 0 saturated heterocycles. The summed E-state index contributed by atoms with van der Waals surface area (Å²) in [7, 11) is -0.358. The predicted molar refractivity (Wildman–Crippen MR) is 94.0 cm³/mol. The average molecular weight is 365 g/mol. The normalized spacial score (nSPS) is 12.6. The molecule has 2 aromatic rings. The number of benzene rings is 2. The Morgan fingerprint density at radius 3 is 2.32 bits per heavy atom. The zero-order valence-electron chi connectivity index (χ0n) is 13.8. The van der Waals surface area contributed by atoms with Crippen molar-refractivity contribution in [2.45, 2.75) is 11.0 Å². The molecule has 0 aromatic heterocycles. The summed E-state index contributed by atoms with van der Waals surface area (Å²) >= 11 is 0. The molecule has 1 atom stereocenters. The van der Waals surface area contributed by atoms with E-state index in [9.17, 15) is 23.6 Å². The first kappa shape index (κ1) is 18.8. The van der Waals surface area contributed by atoms with E-state index in [1.807, 2.05) is 19.0 Å². The van der Waals surface area contributed by atoms with Crippen LogP contribution in [0.2, 0.25) is 0 Å². The molecule has 0 amide bonds. The molecule has 0 spiro atoms. The number of hydrogen-bond acceptors (Lipinski definition) is 6. The topological polar surface area (TPSA) is 113 Å². The number of nitrogens with zero attached hydrogens (tertiary/aromatic N) is 2. The lowest BCUT2D eigenvalue weighted by Gasteiger charge is -2.16. The summed E-state index contributed by atoms with van der Waals surface area (Å²) in [5.41, 5.74) is 0.965. The van der Waals surface area contributed by atoms with E-state index >= 15 is 0 Å². The van der Waals surface area contributed by atoms with E-state index in [0.717, 1.165) is 17.8 Å². The minimum absolute atomic E-state index is 0.296. The van der Waals surface area contributed by atoms with Gasteiger partial charge in [0.25, 0.3) is 5.69 Å². The molecule has 134 valence electrons. The Morgan fingerprint density at radius 1 is 1.16 bits per heavy atom. The van der Waals surface area contributed by atoms with Gasteiger partial charge in [-0.15, -0.1) is 0 Å². The highest BCUT2D eigenvalue weighted by Crippen LogP contribution is 2.23. The van der Waals surface area contributed by atoms with Gasteiger partial charge in [-0.2, -0.15) is 0 Å². The molecule has 0 aliphatic rings. The fraction of sp³-hybridized carbons (Fsp3) is 0.250. The van der Waals surface area contributed by atoms with Crippen molar-refractivity contribution in [3.63, 3.8) is 0 Å². The van der Waals surface area contributed by atoms with Crippen LogP contribution in [0.1, 0.15) is 11.7 Å². The molecule has 0 saturated carbocycles. The second-order valence-corrected chi connectivity index (χ2v) is 7.31. The number of hydrogen-bond donors (Lipinski definition) is 2. The zero-order valence-corrected chi connectivity index (χ0v) is 14.6. The van der Waals surface area contributed by atoms with Crippen LogP contribution in [0.3, 0.4) is 0 Å². The maximum absolute atomic E-state index is 12.3. The van der Waals surface area contributed by atoms with Gasteiger partial charge in [0.2, 0.25) is 10.0 Å². The molecule has 0 radical (unpaired) electrons. The summed E-state index contributed by atoms with van der Waals surface area (Å²) in [6.45, 7) is -0.296. The van der Waals surface area contributed by atoms with Gasteiger partial charge in [-0.25, -0.2) is 13.1 Å². The van der Waals surface area contributed by atoms with Gasteiger partial charge in [0.15, 0.2) is 4.90 Å². The van der Waals surface area contributed by atoms with Crippen LogP contribution in [0.25, 0.3) is 0 Å². The molecule has 0 bridgehead atoms. The highest BCUT2D eigenvalue weighted by atomic mass is 32.2. The number of aliphatic hydroxyl groups is 1. The fourth-order valence-electron chi connectivity index (χ4n) is 2.21. The van der Waals surface area contributed by atoms with E-state index < -0.39 is 31.6 Å². The SMILES string of the molecule is CN(C)c1ccc(C(O)CNS(=O)(=O)c2ccccc2[N+](=O)[O-])cc1. The van der Waals surface area contributed by atoms with Gasteiger partial charge in [-0.05, 0) is 23.8 Å². The van der Waals surface area contributed by atoms with Crippen molar-refractivity contribution in [3.05, 3.63) is 64.2 Å². The quantitative estimate of drug-likeness (QED) is 0.570. The fourth-order valence-corrected chi connectivity index (χ4v) is 3.42. The van der Waals surface area contributed by atoms with Crippen LogP contribution in [0.4, 0.5) is 11.4 Å². The van der Waals surface area contributed by atoms with Crippen LogP contribution in [-0.2, 0) is 10.0 Å². The van der Waals surface area contributed by atoms with Gasteiger partial charge >= 0.3 is 0 Å². The largest absolute Gasteiger partial charge is 0.387 e. The second-order valence-electron chi connectivity index (χ2n) is 5.58. The molecule has 0 heterocycles. The van der Waals surface area contributed by atoms with Crippen LogP contribution >= 0.6 is 0 Å². The van der Waals surface area contributed by atoms with Crippen molar-refractivity contribution in [1.82, 2.24) is 4.72 Å². The van der Waals surface area contributed by atoms with Crippen molar-refractivity contribution in [1.29, 1.82) is 0 Å². The summed E-state index contributed by atoms with van der Waals surface area (Å²) in [6.07, 6.45) is -1.08. The molecule has 2 aromatic carbocycles. The molecule has 1 unspecified atom stereocenters. The summed E-state index contributed by atoms with van der Waals surface area (Å²) < 4.78 is 26.8. The Morgan fingerprint density at radius 2 is 1.76 bits per heavy atom. The maximum Gasteiger partial charge on any atom is 0.289 e. The second kappa shape index (κ2) is 7.60. The van der Waals surface area contributed by atoms with Crippen LogP contribution in [0.5, 0.6) is 0 Å². The number of aliphatic hydroxyl groups excluding tert-OH is 1. The Hall–Kier alpha value is -2.49. The van der Waals surface area contributed by atoms with Crippen molar-refractivity contribution in [2.75, 3.05) is 25.5 Å². The zero-order chi connectivity index (χ0) is 18.6. The highest BCUT2D eigenvalue weighted by molar-refractivity contribution is 7.89. The van der Waals surface area contributed by atoms with Gasteiger partial charge < -0.3 is 10.0 Å². The van der Waals surface area contributed by atoms with Crippen molar-refractivity contribution in [3.8, 4) is 0 Å². The Bertz CT molecular complexity index is 850. The molecule has 2 N–H and O–H groups in total. The molecule has 25 heavy (non-hydrogen) atoms. The third-order valence-corrected chi connectivity index (χ3v) is 5.08. The molecular formula is C16H19N3O5S. The Labute approximate surface area is 145 Å². The van der Waals surface area contributed by atoms with E-state index in [1.54, 1.807) is 24.3 Å². The van der Waals surface area contributed by atoms with E-state index in [0.29, 0.717) is 5.56 Å². The predicted octanol–water partition coefficient (Wildman–Crippen LogP) is 1.67. The van der Waals surface area contributed by atoms with Gasteiger partial charge in [0.05, 0.1) is 11.0 Å². The molecule has 0 fully saturated rings. The first-order chi connectivity index (χ1) is 11.7. The smallest absolute Gasteiger partial charge is 0.289 e. The van der Waals surface area contributed by atoms with Gasteiger partial charge in [0.1, 0.15) is 0 Å². The lowest BCUT2D eigenvalue weighted by Crippen LogP contribution is -2.29. The number of anilines is 1. The van der Waals surface area contributed by atoms with Crippen molar-refractivity contribution in [2.24, 2.45) is 0 Å². The molecule has 8 nitrogen and oxygen atoms in total. The summed E-state index contributed by atoms with van der Waals surface area (Å²) in [5.74, 6) is 0. The first-order valence-corrected chi connectivity index (χ1v) is 8.89. The summed E-state index contributed by atoms with van der Waals surface area (Å²) in [6, 6.07) is 12.0. The van der Waals surface area contributed by atoms with Crippen molar-refractivity contribution >= 4 is 21.4 Å². The van der Waals surface area contributed by atoms with Gasteiger partial charge in [-0.3, -0.25) is 10.1 Å². The maximum atomic E-state index is 12.3. The van der Waals surface area contributed by atoms with Crippen LogP contribution < -0.4 is 9.62 Å². The average Bonchev–Trinajstić information content (AvgIpc) is 2.59. The Kier molecular flexibility index (Phi) is 5.73. The Balaban J connectivity index is 2.13. The monoisotopic (exact) mass is 365 g/mol. The summed E-state index contributed by atoms with van der Waals surface area (Å²) in [5, 5.41) is 21.1. The van der Waals surface area contributed by atoms with Gasteiger partial charge in [0, 0.05) is 32.4 Å². The molecule has 0 aliphatic heterocycles. The number of nitro benzene ring substituents is 1. The third-order valence-electron chi connectivity index (χ3n) is 3.61. The third kappa shape index (κ3) is 4.53. The number of nitrogens with one attached hydrogen (secondary N) is 1. The standard InChI is InChI=1S/C16H19N3O5S/c1-18(2)13-9-7-12(8-10-13)15(20)11-17-25(23,24)16-6-4-3-5-14(16)19(21)22/h3-10,15,17,20H,11H2,1-2H3. The van der Waals surface area contributed by atoms with E-state index in [4.69, 9.17) is 0 Å². The minimum atomic E-state index is -4.12. The lowest BCUT2D eigenvalue weighted by molar-refractivity contribution is -0.387. The summed E-state index contributed by atoms with van der Waals surface area (Å²) in [4.78, 5) is 11.7. The number of rotatable bonds is 7. The minimum Gasteiger partial charge on any atom is -0.387 e. The van der Waals surface area contributed by atoms with E-state index in [2.05, 4.69) is 4.72 Å².